The van der Waals surface area contributed by atoms with E-state index >= 15 is 4.39 Å². The molecule has 2 saturated heterocycles. The number of nitrogens with zero attached hydrogens (tertiary/aromatic N) is 3. The minimum absolute atomic E-state index is 0.00136. The third-order valence-corrected chi connectivity index (χ3v) is 8.34. The summed E-state index contributed by atoms with van der Waals surface area (Å²) in [6.07, 6.45) is 1.27. The molecule has 2 aliphatic heterocycles. The zero-order valence-electron chi connectivity index (χ0n) is 22.4. The van der Waals surface area contributed by atoms with Crippen molar-refractivity contribution in [3.05, 3.63) is 68.8 Å². The van der Waals surface area contributed by atoms with E-state index in [0.717, 1.165) is 16.7 Å². The Balaban J connectivity index is 1.12. The number of imidazole rings is 1. The lowest BCUT2D eigenvalue weighted by atomic mass is 10.00. The highest BCUT2D eigenvalue weighted by Crippen LogP contribution is 2.40. The van der Waals surface area contributed by atoms with Gasteiger partial charge in [0.05, 0.1) is 29.8 Å². The molecular formula is C29H29ClFN5O5. The van der Waals surface area contributed by atoms with Gasteiger partial charge in [-0.05, 0) is 61.6 Å². The largest absolute Gasteiger partial charge is 0.456 e. The summed E-state index contributed by atoms with van der Waals surface area (Å²) < 4.78 is 34.4. The average molecular weight is 582 g/mol. The Kier molecular flexibility index (Phi) is 6.50. The van der Waals surface area contributed by atoms with Crippen LogP contribution in [0.2, 0.25) is 5.02 Å². The van der Waals surface area contributed by atoms with Gasteiger partial charge in [-0.25, -0.2) is 9.37 Å². The Morgan fingerprint density at radius 1 is 1.17 bits per heavy atom. The average Bonchev–Trinajstić information content (AvgIpc) is 3.71. The molecule has 4 aromatic rings. The number of hydrogen-bond acceptors (Lipinski definition) is 8. The first-order valence-corrected chi connectivity index (χ1v) is 14.1. The molecule has 12 heteroatoms. The summed E-state index contributed by atoms with van der Waals surface area (Å²) in [6.45, 7) is 4.36. The van der Waals surface area contributed by atoms with Crippen molar-refractivity contribution >= 4 is 28.6 Å². The number of aromatic nitrogens is 4. The third kappa shape index (κ3) is 4.66. The van der Waals surface area contributed by atoms with Crippen molar-refractivity contribution in [2.24, 2.45) is 0 Å². The number of benzene rings is 1. The van der Waals surface area contributed by atoms with Crippen molar-refractivity contribution in [2.45, 2.75) is 63.2 Å². The van der Waals surface area contributed by atoms with Gasteiger partial charge in [-0.3, -0.25) is 4.79 Å². The minimum atomic E-state index is -0.669. The standard InChI is InChI=1S/C29H29ClFN5O5/c1-13(2)36-10-15(4-6-23(36)38)16-7-14-3-5-19(24(14)18(31)8-16)32-27-17(30)9-20-28(34-27)35-29(33-20)41-22-12-40-25-21(37)11-39-26(22)25/h4,6-10,13,19,21-22,25-26,37H,3,5,11-12H2,1-2H3,(H2,32,33,34,35)/t19-,21+,22+,25+,26+/m0/s1. The van der Waals surface area contributed by atoms with Crippen molar-refractivity contribution in [1.29, 1.82) is 0 Å². The zero-order chi connectivity index (χ0) is 28.4. The van der Waals surface area contributed by atoms with Gasteiger partial charge in [-0.2, -0.15) is 4.98 Å². The number of rotatable bonds is 6. The summed E-state index contributed by atoms with van der Waals surface area (Å²) >= 11 is 6.57. The Labute approximate surface area is 239 Å². The summed E-state index contributed by atoms with van der Waals surface area (Å²) in [7, 11) is 0. The molecule has 3 aromatic heterocycles. The molecule has 214 valence electrons. The molecule has 1 aliphatic carbocycles. The third-order valence-electron chi connectivity index (χ3n) is 8.05. The number of fused-ring (bicyclic) bond motifs is 3. The van der Waals surface area contributed by atoms with Crippen molar-refractivity contribution in [1.82, 2.24) is 19.5 Å². The van der Waals surface area contributed by atoms with Crippen molar-refractivity contribution in [2.75, 3.05) is 18.5 Å². The fraction of sp³-hybridized carbons (Fsp3) is 0.414. The van der Waals surface area contributed by atoms with Crippen LogP contribution >= 0.6 is 11.6 Å². The van der Waals surface area contributed by atoms with Crippen LogP contribution in [0.4, 0.5) is 10.2 Å². The van der Waals surface area contributed by atoms with Gasteiger partial charge < -0.3 is 34.2 Å². The number of anilines is 1. The minimum Gasteiger partial charge on any atom is -0.456 e. The molecule has 5 heterocycles. The quantitative estimate of drug-likeness (QED) is 0.310. The first-order valence-electron chi connectivity index (χ1n) is 13.7. The van der Waals surface area contributed by atoms with Gasteiger partial charge in [0, 0.05) is 23.9 Å². The second-order valence-electron chi connectivity index (χ2n) is 11.1. The van der Waals surface area contributed by atoms with Gasteiger partial charge >= 0.3 is 0 Å². The van der Waals surface area contributed by atoms with Crippen LogP contribution in [0.25, 0.3) is 22.3 Å². The molecule has 41 heavy (non-hydrogen) atoms. The number of aromatic amines is 1. The van der Waals surface area contributed by atoms with Crippen LogP contribution in [0.5, 0.6) is 6.01 Å². The highest BCUT2D eigenvalue weighted by molar-refractivity contribution is 6.33. The molecule has 0 unspecified atom stereocenters. The van der Waals surface area contributed by atoms with Crippen molar-refractivity contribution < 1.29 is 23.7 Å². The van der Waals surface area contributed by atoms with E-state index < -0.39 is 18.3 Å². The molecule has 2 fully saturated rings. The number of ether oxygens (including phenoxy) is 3. The lowest BCUT2D eigenvalue weighted by Crippen LogP contribution is -2.34. The number of nitrogens with one attached hydrogen (secondary N) is 2. The number of aliphatic hydroxyl groups excluding tert-OH is 1. The second-order valence-corrected chi connectivity index (χ2v) is 11.5. The van der Waals surface area contributed by atoms with Crippen LogP contribution in [0.1, 0.15) is 43.5 Å². The molecule has 0 radical (unpaired) electrons. The number of aryl methyl sites for hydroxylation is 1. The maximum absolute atomic E-state index is 15.6. The van der Waals surface area contributed by atoms with E-state index in [1.807, 2.05) is 19.9 Å². The van der Waals surface area contributed by atoms with Gasteiger partial charge in [0.1, 0.15) is 29.9 Å². The number of aliphatic hydroxyl groups is 1. The fourth-order valence-electron chi connectivity index (χ4n) is 6.01. The summed E-state index contributed by atoms with van der Waals surface area (Å²) in [5, 5.41) is 13.6. The number of halogens is 2. The first-order chi connectivity index (χ1) is 19.7. The molecule has 10 nitrogen and oxygen atoms in total. The molecule has 1 aromatic carbocycles. The summed E-state index contributed by atoms with van der Waals surface area (Å²) in [4.78, 5) is 24.3. The van der Waals surface area contributed by atoms with Gasteiger partial charge in [0.25, 0.3) is 11.6 Å². The summed E-state index contributed by atoms with van der Waals surface area (Å²) in [5.41, 5.74) is 3.91. The number of H-pyrrole nitrogens is 1. The zero-order valence-corrected chi connectivity index (χ0v) is 23.2. The van der Waals surface area contributed by atoms with Crippen LogP contribution < -0.4 is 15.6 Å². The Hall–Kier alpha value is -3.51. The molecule has 0 spiro atoms. The van der Waals surface area contributed by atoms with E-state index in [4.69, 9.17) is 25.8 Å². The van der Waals surface area contributed by atoms with Crippen LogP contribution in [-0.4, -0.2) is 62.3 Å². The lowest BCUT2D eigenvalue weighted by molar-refractivity contribution is 0.00706. The fourth-order valence-corrected chi connectivity index (χ4v) is 6.22. The SMILES string of the molecule is CC(C)n1cc(-c2cc(F)c3c(c2)CC[C@@H]3Nc2nc3nc(O[C@@H]4CO[C@H]5[C@@H]4OC[C@H]5O)[nH]c3cc2Cl)ccc1=O. The normalized spacial score (nSPS) is 25.2. The van der Waals surface area contributed by atoms with Gasteiger partial charge in [-0.1, -0.05) is 17.7 Å². The van der Waals surface area contributed by atoms with E-state index in [1.165, 1.54) is 12.1 Å². The predicted molar refractivity (Wildman–Crippen MR) is 150 cm³/mol. The molecule has 5 atom stereocenters. The van der Waals surface area contributed by atoms with Gasteiger partial charge in [-0.15, -0.1) is 0 Å². The molecular weight excluding hydrogens is 553 g/mol. The molecule has 0 bridgehead atoms. The summed E-state index contributed by atoms with van der Waals surface area (Å²) in [5.74, 6) is 0.0767. The smallest absolute Gasteiger partial charge is 0.296 e. The van der Waals surface area contributed by atoms with Crippen LogP contribution in [0, 0.1) is 5.82 Å². The molecule has 0 saturated carbocycles. The van der Waals surface area contributed by atoms with E-state index in [1.54, 1.807) is 22.9 Å². The maximum atomic E-state index is 15.6. The molecule has 3 N–H and O–H groups in total. The molecule has 0 amide bonds. The van der Waals surface area contributed by atoms with E-state index in [0.29, 0.717) is 40.4 Å². The molecule has 3 aliphatic rings. The van der Waals surface area contributed by atoms with Crippen molar-refractivity contribution in [3.8, 4) is 17.1 Å². The lowest BCUT2D eigenvalue weighted by Gasteiger charge is -2.17. The van der Waals surface area contributed by atoms with Crippen LogP contribution in [0.15, 0.2) is 41.3 Å². The topological polar surface area (TPSA) is 124 Å². The Morgan fingerprint density at radius 3 is 2.83 bits per heavy atom. The van der Waals surface area contributed by atoms with Crippen molar-refractivity contribution in [3.63, 3.8) is 0 Å². The number of pyridine rings is 2. The molecule has 7 rings (SSSR count). The van der Waals surface area contributed by atoms with E-state index in [2.05, 4.69) is 20.3 Å². The first kappa shape index (κ1) is 26.4. The highest BCUT2D eigenvalue weighted by Gasteiger charge is 2.48. The summed E-state index contributed by atoms with van der Waals surface area (Å²) in [6, 6.07) is 8.39. The van der Waals surface area contributed by atoms with Crippen LogP contribution in [-0.2, 0) is 15.9 Å². The van der Waals surface area contributed by atoms with E-state index in [-0.39, 0.29) is 48.8 Å². The predicted octanol–water partition coefficient (Wildman–Crippen LogP) is 4.17. The van der Waals surface area contributed by atoms with Gasteiger partial charge in [0.2, 0.25) is 0 Å². The Bertz CT molecular complexity index is 1710. The Morgan fingerprint density at radius 2 is 2.00 bits per heavy atom. The van der Waals surface area contributed by atoms with Crippen LogP contribution in [0.3, 0.4) is 0 Å². The second kappa shape index (κ2) is 10.1. The number of hydrogen-bond donors (Lipinski definition) is 3. The monoisotopic (exact) mass is 581 g/mol. The maximum Gasteiger partial charge on any atom is 0.296 e. The van der Waals surface area contributed by atoms with E-state index in [9.17, 15) is 9.90 Å². The van der Waals surface area contributed by atoms with Gasteiger partial charge in [0.15, 0.2) is 11.8 Å². The highest BCUT2D eigenvalue weighted by atomic mass is 35.5.